The van der Waals surface area contributed by atoms with Gasteiger partial charge in [-0.1, -0.05) is 11.6 Å². The minimum Gasteiger partial charge on any atom is -0.497 e. The molecule has 0 amide bonds. The van der Waals surface area contributed by atoms with Gasteiger partial charge in [0.25, 0.3) is 0 Å². The van der Waals surface area contributed by atoms with Crippen LogP contribution in [0.3, 0.4) is 0 Å². The number of hydrogen-bond donors (Lipinski definition) is 1. The maximum absolute atomic E-state index is 12.7. The fraction of sp³-hybridized carbons (Fsp3) is 0.250. The predicted molar refractivity (Wildman–Crippen MR) is 109 cm³/mol. The van der Waals surface area contributed by atoms with E-state index < -0.39 is 0 Å². The molecule has 0 atom stereocenters. The van der Waals surface area contributed by atoms with E-state index in [4.69, 9.17) is 31.5 Å². The third-order valence-electron chi connectivity index (χ3n) is 3.99. The first-order valence-electron chi connectivity index (χ1n) is 8.11. The molecule has 0 saturated heterocycles. The number of methoxy groups -OCH3 is 3. The number of halogens is 1. The van der Waals surface area contributed by atoms with Gasteiger partial charge >= 0.3 is 0 Å². The van der Waals surface area contributed by atoms with Crippen LogP contribution >= 0.6 is 11.6 Å². The molecular weight excluding hydrogens is 368 g/mol. The predicted octanol–water partition coefficient (Wildman–Crippen LogP) is 3.82. The number of benzene rings is 2. The SMILES string of the molecule is COc1cc(/C=C(/Cl)C(=O)c2ccc(N(C)C)c(N)c2)c(OC)c(OC)c1. The number of anilines is 2. The van der Waals surface area contributed by atoms with Gasteiger partial charge < -0.3 is 24.8 Å². The molecule has 27 heavy (non-hydrogen) atoms. The largest absolute Gasteiger partial charge is 0.497 e. The van der Waals surface area contributed by atoms with Crippen LogP contribution in [0.4, 0.5) is 11.4 Å². The average molecular weight is 391 g/mol. The number of hydrogen-bond acceptors (Lipinski definition) is 6. The number of rotatable bonds is 7. The molecule has 0 aliphatic rings. The van der Waals surface area contributed by atoms with Gasteiger partial charge in [-0.15, -0.1) is 0 Å². The Morgan fingerprint density at radius 1 is 1.07 bits per heavy atom. The fourth-order valence-corrected chi connectivity index (χ4v) is 2.86. The number of carbonyl (C=O) groups is 1. The van der Waals surface area contributed by atoms with Crippen molar-refractivity contribution in [3.63, 3.8) is 0 Å². The van der Waals surface area contributed by atoms with Crippen molar-refractivity contribution < 1.29 is 19.0 Å². The van der Waals surface area contributed by atoms with E-state index in [9.17, 15) is 4.79 Å². The first-order chi connectivity index (χ1) is 12.8. The number of Topliss-reactive ketones (excluding diaryl/α,β-unsaturated/α-hetero) is 1. The van der Waals surface area contributed by atoms with E-state index in [0.717, 1.165) is 5.69 Å². The smallest absolute Gasteiger partial charge is 0.204 e. The molecule has 0 aromatic heterocycles. The second-order valence-electron chi connectivity index (χ2n) is 5.94. The van der Waals surface area contributed by atoms with Crippen molar-refractivity contribution in [2.75, 3.05) is 46.1 Å². The van der Waals surface area contributed by atoms with Crippen molar-refractivity contribution in [3.8, 4) is 17.2 Å². The van der Waals surface area contributed by atoms with Crippen LogP contribution in [0.1, 0.15) is 15.9 Å². The molecule has 0 aliphatic carbocycles. The van der Waals surface area contributed by atoms with Gasteiger partial charge in [0.2, 0.25) is 5.78 Å². The number of carbonyl (C=O) groups excluding carboxylic acids is 1. The molecule has 2 aromatic carbocycles. The van der Waals surface area contributed by atoms with Crippen molar-refractivity contribution in [2.24, 2.45) is 0 Å². The molecule has 2 N–H and O–H groups in total. The molecule has 0 heterocycles. The number of ether oxygens (including phenoxy) is 3. The Balaban J connectivity index is 2.45. The van der Waals surface area contributed by atoms with Crippen LogP contribution in [0.2, 0.25) is 0 Å². The fourth-order valence-electron chi connectivity index (χ4n) is 2.64. The third-order valence-corrected chi connectivity index (χ3v) is 4.27. The summed E-state index contributed by atoms with van der Waals surface area (Å²) in [5.41, 5.74) is 8.30. The molecule has 0 bridgehead atoms. The Bertz CT molecular complexity index is 879. The number of nitrogens with zero attached hydrogens (tertiary/aromatic N) is 1. The molecule has 0 unspecified atom stereocenters. The molecule has 0 saturated carbocycles. The molecule has 0 aliphatic heterocycles. The maximum atomic E-state index is 12.7. The highest BCUT2D eigenvalue weighted by Gasteiger charge is 2.16. The zero-order chi connectivity index (χ0) is 20.1. The Labute approximate surface area is 164 Å². The Hall–Kier alpha value is -2.86. The van der Waals surface area contributed by atoms with Crippen LogP contribution in [0.5, 0.6) is 17.2 Å². The van der Waals surface area contributed by atoms with E-state index in [2.05, 4.69) is 0 Å². The quantitative estimate of drug-likeness (QED) is 0.440. The highest BCUT2D eigenvalue weighted by Crippen LogP contribution is 2.37. The molecule has 0 radical (unpaired) electrons. The lowest BCUT2D eigenvalue weighted by Crippen LogP contribution is -2.12. The summed E-state index contributed by atoms with van der Waals surface area (Å²) >= 11 is 6.30. The van der Waals surface area contributed by atoms with Crippen molar-refractivity contribution in [3.05, 3.63) is 46.5 Å². The first kappa shape index (κ1) is 20.5. The van der Waals surface area contributed by atoms with Gasteiger partial charge in [0.1, 0.15) is 5.75 Å². The second-order valence-corrected chi connectivity index (χ2v) is 6.35. The lowest BCUT2D eigenvalue weighted by molar-refractivity contribution is 0.104. The van der Waals surface area contributed by atoms with E-state index in [1.807, 2.05) is 19.0 Å². The van der Waals surface area contributed by atoms with Gasteiger partial charge in [-0.2, -0.15) is 0 Å². The lowest BCUT2D eigenvalue weighted by Gasteiger charge is -2.15. The maximum Gasteiger partial charge on any atom is 0.204 e. The van der Waals surface area contributed by atoms with Crippen LogP contribution in [-0.4, -0.2) is 41.2 Å². The van der Waals surface area contributed by atoms with E-state index in [-0.39, 0.29) is 10.8 Å². The topological polar surface area (TPSA) is 74.0 Å². The van der Waals surface area contributed by atoms with Crippen molar-refractivity contribution in [2.45, 2.75) is 0 Å². The van der Waals surface area contributed by atoms with Gasteiger partial charge in [-0.25, -0.2) is 0 Å². The van der Waals surface area contributed by atoms with Crippen LogP contribution < -0.4 is 24.8 Å². The summed E-state index contributed by atoms with van der Waals surface area (Å²) in [4.78, 5) is 14.6. The van der Waals surface area contributed by atoms with Crippen LogP contribution in [-0.2, 0) is 0 Å². The normalized spacial score (nSPS) is 11.1. The molecule has 6 nitrogen and oxygen atoms in total. The molecule has 7 heteroatoms. The summed E-state index contributed by atoms with van der Waals surface area (Å²) in [5, 5.41) is 0.0145. The van der Waals surface area contributed by atoms with Crippen LogP contribution in [0.25, 0.3) is 6.08 Å². The Kier molecular flexibility index (Phi) is 6.58. The van der Waals surface area contributed by atoms with E-state index in [1.165, 1.54) is 27.4 Å². The summed E-state index contributed by atoms with van der Waals surface area (Å²) in [7, 11) is 8.33. The monoisotopic (exact) mass is 390 g/mol. The molecule has 0 fully saturated rings. The molecular formula is C20H23ClN2O4. The van der Waals surface area contributed by atoms with Gasteiger partial charge in [0.05, 0.1) is 37.7 Å². The summed E-state index contributed by atoms with van der Waals surface area (Å²) < 4.78 is 16.0. The Morgan fingerprint density at radius 2 is 1.78 bits per heavy atom. The third kappa shape index (κ3) is 4.46. The number of allylic oxidation sites excluding steroid dienone is 1. The number of nitrogen functional groups attached to an aromatic ring is 1. The molecule has 0 spiro atoms. The Morgan fingerprint density at radius 3 is 2.30 bits per heavy atom. The highest BCUT2D eigenvalue weighted by molar-refractivity contribution is 6.47. The molecule has 144 valence electrons. The lowest BCUT2D eigenvalue weighted by atomic mass is 10.1. The van der Waals surface area contributed by atoms with Gasteiger partial charge in [-0.05, 0) is 30.3 Å². The summed E-state index contributed by atoms with van der Waals surface area (Å²) in [6.45, 7) is 0. The van der Waals surface area contributed by atoms with Gasteiger partial charge in [-0.3, -0.25) is 4.79 Å². The zero-order valence-electron chi connectivity index (χ0n) is 16.0. The summed E-state index contributed by atoms with van der Waals surface area (Å²) in [6, 6.07) is 8.47. The van der Waals surface area contributed by atoms with E-state index in [0.29, 0.717) is 34.1 Å². The minimum atomic E-state index is -0.350. The highest BCUT2D eigenvalue weighted by atomic mass is 35.5. The van der Waals surface area contributed by atoms with E-state index in [1.54, 1.807) is 30.3 Å². The number of nitrogens with two attached hydrogens (primary N) is 1. The summed E-state index contributed by atoms with van der Waals surface area (Å²) in [5.74, 6) is 1.12. The zero-order valence-corrected chi connectivity index (χ0v) is 16.8. The molecule has 2 rings (SSSR count). The van der Waals surface area contributed by atoms with Gasteiger partial charge in [0.15, 0.2) is 11.5 Å². The van der Waals surface area contributed by atoms with Crippen LogP contribution in [0, 0.1) is 0 Å². The van der Waals surface area contributed by atoms with Gasteiger partial charge in [0, 0.05) is 31.3 Å². The minimum absolute atomic E-state index is 0.0145. The standard InChI is InChI=1S/C20H23ClN2O4/c1-23(2)17-7-6-12(10-16(17)22)19(24)15(21)9-13-8-14(25-3)11-18(26-4)20(13)27-5/h6-11H,22H2,1-5H3/b15-9+. The van der Waals surface area contributed by atoms with E-state index >= 15 is 0 Å². The van der Waals surface area contributed by atoms with Crippen molar-refractivity contribution >= 4 is 34.8 Å². The number of ketones is 1. The second kappa shape index (κ2) is 8.68. The molecule has 2 aromatic rings. The first-order valence-corrected chi connectivity index (χ1v) is 8.48. The van der Waals surface area contributed by atoms with Crippen molar-refractivity contribution in [1.82, 2.24) is 0 Å². The van der Waals surface area contributed by atoms with Crippen LogP contribution in [0.15, 0.2) is 35.4 Å². The summed E-state index contributed by atoms with van der Waals surface area (Å²) in [6.07, 6.45) is 1.52. The average Bonchev–Trinajstić information content (AvgIpc) is 2.65. The van der Waals surface area contributed by atoms with Crippen molar-refractivity contribution in [1.29, 1.82) is 0 Å².